The molecule has 9 heteroatoms. The Kier molecular flexibility index (Phi) is 8.04. The summed E-state index contributed by atoms with van der Waals surface area (Å²) in [7, 11) is 0. The van der Waals surface area contributed by atoms with Gasteiger partial charge in [0, 0.05) is 11.8 Å². The molecule has 0 aliphatic carbocycles. The number of carbonyl (C=O) groups excluding carboxylic acids is 2. The zero-order valence-corrected chi connectivity index (χ0v) is 19.2. The summed E-state index contributed by atoms with van der Waals surface area (Å²) in [6.07, 6.45) is 1.76. The van der Waals surface area contributed by atoms with Gasteiger partial charge in [-0.05, 0) is 35.4 Å². The number of hydrogen-bond donors (Lipinski definition) is 4. The minimum absolute atomic E-state index is 0.000850. The van der Waals surface area contributed by atoms with Crippen LogP contribution in [0.25, 0.3) is 11.1 Å². The number of halogens is 2. The number of benzene rings is 3. The summed E-state index contributed by atoms with van der Waals surface area (Å²) in [5, 5.41) is 17.3. The van der Waals surface area contributed by atoms with E-state index in [9.17, 15) is 23.5 Å². The molecule has 186 valence electrons. The topological polar surface area (TPSA) is 99.7 Å². The van der Waals surface area contributed by atoms with E-state index in [-0.39, 0.29) is 18.0 Å². The summed E-state index contributed by atoms with van der Waals surface area (Å²) < 4.78 is 32.8. The van der Waals surface area contributed by atoms with Crippen LogP contribution in [-0.4, -0.2) is 41.9 Å². The normalized spacial score (nSPS) is 18.9. The SMILES string of the molecule is O=C(C[C@H]1C=C[C@H](NC(=O)Nc2cc(F)ccc2F)[C@H](CO)O1)Nc1ccc(-c2ccccc2)cc1. The van der Waals surface area contributed by atoms with Crippen molar-refractivity contribution in [1.82, 2.24) is 5.32 Å². The molecular formula is C27H25F2N3O4. The molecule has 1 aliphatic rings. The summed E-state index contributed by atoms with van der Waals surface area (Å²) in [6, 6.07) is 18.5. The smallest absolute Gasteiger partial charge is 0.319 e. The molecule has 3 amide bonds. The van der Waals surface area contributed by atoms with Crippen LogP contribution in [0.5, 0.6) is 0 Å². The van der Waals surface area contributed by atoms with Crippen LogP contribution < -0.4 is 16.0 Å². The maximum absolute atomic E-state index is 13.8. The maximum Gasteiger partial charge on any atom is 0.319 e. The van der Waals surface area contributed by atoms with Gasteiger partial charge < -0.3 is 25.8 Å². The van der Waals surface area contributed by atoms with Gasteiger partial charge in [-0.15, -0.1) is 0 Å². The molecule has 0 fully saturated rings. The fraction of sp³-hybridized carbons (Fsp3) is 0.185. The Morgan fingerprint density at radius 1 is 0.889 bits per heavy atom. The van der Waals surface area contributed by atoms with Gasteiger partial charge in [-0.1, -0.05) is 54.6 Å². The minimum atomic E-state index is -0.832. The highest BCUT2D eigenvalue weighted by Gasteiger charge is 2.29. The molecule has 0 spiro atoms. The Hall–Kier alpha value is -4.08. The third kappa shape index (κ3) is 6.53. The standard InChI is InChI=1S/C27H25F2N3O4/c28-19-8-12-22(29)24(14-19)32-27(35)31-23-13-11-21(36-25(23)16-33)15-26(34)30-20-9-6-18(7-10-20)17-4-2-1-3-5-17/h1-14,21,23,25,33H,15-16H2,(H,30,34)(H2,31,32,35)/t21-,23+,25+/m1/s1. The van der Waals surface area contributed by atoms with Crippen LogP contribution in [0.2, 0.25) is 0 Å². The summed E-state index contributed by atoms with van der Waals surface area (Å²) in [5.41, 5.74) is 2.42. The van der Waals surface area contributed by atoms with Crippen molar-refractivity contribution >= 4 is 23.3 Å². The van der Waals surface area contributed by atoms with Crippen molar-refractivity contribution in [3.63, 3.8) is 0 Å². The van der Waals surface area contributed by atoms with E-state index in [0.29, 0.717) is 5.69 Å². The minimum Gasteiger partial charge on any atom is -0.394 e. The number of aliphatic hydroxyl groups excluding tert-OH is 1. The van der Waals surface area contributed by atoms with Gasteiger partial charge in [0.1, 0.15) is 17.7 Å². The Morgan fingerprint density at radius 2 is 1.61 bits per heavy atom. The average molecular weight is 494 g/mol. The molecule has 0 bridgehead atoms. The van der Waals surface area contributed by atoms with Crippen molar-refractivity contribution in [2.24, 2.45) is 0 Å². The van der Waals surface area contributed by atoms with E-state index < -0.39 is 42.5 Å². The van der Waals surface area contributed by atoms with Crippen LogP contribution in [-0.2, 0) is 9.53 Å². The number of hydrogen-bond acceptors (Lipinski definition) is 4. The van der Waals surface area contributed by atoms with Crippen LogP contribution in [0.3, 0.4) is 0 Å². The number of rotatable bonds is 7. The van der Waals surface area contributed by atoms with E-state index in [4.69, 9.17) is 4.74 Å². The van der Waals surface area contributed by atoms with Crippen LogP contribution in [0.1, 0.15) is 6.42 Å². The van der Waals surface area contributed by atoms with Gasteiger partial charge in [-0.25, -0.2) is 13.6 Å². The van der Waals surface area contributed by atoms with Gasteiger partial charge in [0.2, 0.25) is 5.91 Å². The summed E-state index contributed by atoms with van der Waals surface area (Å²) >= 11 is 0. The Bertz CT molecular complexity index is 1240. The molecule has 1 aliphatic heterocycles. The Morgan fingerprint density at radius 3 is 2.33 bits per heavy atom. The van der Waals surface area contributed by atoms with Crippen molar-refractivity contribution in [3.05, 3.63) is 96.6 Å². The van der Waals surface area contributed by atoms with E-state index in [1.54, 1.807) is 12.2 Å². The molecule has 0 radical (unpaired) electrons. The van der Waals surface area contributed by atoms with Crippen molar-refractivity contribution < 1.29 is 28.2 Å². The van der Waals surface area contributed by atoms with Gasteiger partial charge in [0.25, 0.3) is 0 Å². The lowest BCUT2D eigenvalue weighted by atomic mass is 10.0. The number of ether oxygens (including phenoxy) is 1. The largest absolute Gasteiger partial charge is 0.394 e. The molecule has 3 aromatic carbocycles. The lowest BCUT2D eigenvalue weighted by Gasteiger charge is -2.31. The van der Waals surface area contributed by atoms with E-state index >= 15 is 0 Å². The van der Waals surface area contributed by atoms with Gasteiger partial charge in [0.15, 0.2) is 0 Å². The first kappa shape index (κ1) is 25.0. The lowest BCUT2D eigenvalue weighted by molar-refractivity contribution is -0.120. The molecule has 36 heavy (non-hydrogen) atoms. The van der Waals surface area contributed by atoms with E-state index in [2.05, 4.69) is 16.0 Å². The average Bonchev–Trinajstić information content (AvgIpc) is 2.88. The molecule has 0 saturated heterocycles. The van der Waals surface area contributed by atoms with Gasteiger partial charge in [0.05, 0.1) is 30.9 Å². The molecular weight excluding hydrogens is 468 g/mol. The molecule has 4 N–H and O–H groups in total. The maximum atomic E-state index is 13.8. The zero-order valence-electron chi connectivity index (χ0n) is 19.2. The first-order valence-electron chi connectivity index (χ1n) is 11.3. The van der Waals surface area contributed by atoms with E-state index in [1.165, 1.54) is 0 Å². The quantitative estimate of drug-likeness (QED) is 0.365. The van der Waals surface area contributed by atoms with Gasteiger partial charge in [-0.3, -0.25) is 4.79 Å². The molecule has 3 aromatic rings. The molecule has 0 aromatic heterocycles. The highest BCUT2D eigenvalue weighted by Crippen LogP contribution is 2.22. The van der Waals surface area contributed by atoms with Gasteiger partial charge >= 0.3 is 6.03 Å². The third-order valence-corrected chi connectivity index (χ3v) is 5.60. The van der Waals surface area contributed by atoms with Crippen LogP contribution in [0.15, 0.2) is 84.9 Å². The number of amides is 3. The van der Waals surface area contributed by atoms with Gasteiger partial charge in [-0.2, -0.15) is 0 Å². The predicted octanol–water partition coefficient (Wildman–Crippen LogP) is 4.47. The number of urea groups is 1. The van der Waals surface area contributed by atoms with E-state index in [1.807, 2.05) is 54.6 Å². The third-order valence-electron chi connectivity index (χ3n) is 5.60. The first-order valence-corrected chi connectivity index (χ1v) is 11.3. The van der Waals surface area contributed by atoms with Crippen molar-refractivity contribution in [2.45, 2.75) is 24.7 Å². The summed E-state index contributed by atoms with van der Waals surface area (Å²) in [6.45, 7) is -0.428. The molecule has 3 atom stereocenters. The number of carbonyl (C=O) groups is 2. The second-order valence-corrected chi connectivity index (χ2v) is 8.22. The van der Waals surface area contributed by atoms with Crippen molar-refractivity contribution in [3.8, 4) is 11.1 Å². The molecule has 1 heterocycles. The number of nitrogens with one attached hydrogen (secondary N) is 3. The van der Waals surface area contributed by atoms with Crippen LogP contribution in [0, 0.1) is 11.6 Å². The fourth-order valence-corrected chi connectivity index (χ4v) is 3.81. The summed E-state index contributed by atoms with van der Waals surface area (Å²) in [5.74, 6) is -1.77. The number of aliphatic hydroxyl groups is 1. The van der Waals surface area contributed by atoms with Crippen LogP contribution in [0.4, 0.5) is 25.0 Å². The first-order chi connectivity index (χ1) is 17.4. The number of anilines is 2. The Balaban J connectivity index is 1.30. The monoisotopic (exact) mass is 493 g/mol. The lowest BCUT2D eigenvalue weighted by Crippen LogP contribution is -2.50. The predicted molar refractivity (Wildman–Crippen MR) is 132 cm³/mol. The molecule has 7 nitrogen and oxygen atoms in total. The van der Waals surface area contributed by atoms with Crippen LogP contribution >= 0.6 is 0 Å². The molecule has 4 rings (SSSR count). The Labute approximate surface area is 206 Å². The second kappa shape index (κ2) is 11.6. The second-order valence-electron chi connectivity index (χ2n) is 8.22. The molecule has 0 saturated carbocycles. The highest BCUT2D eigenvalue weighted by molar-refractivity contribution is 5.91. The van der Waals surface area contributed by atoms with Crippen molar-refractivity contribution in [1.29, 1.82) is 0 Å². The zero-order chi connectivity index (χ0) is 25.5. The molecule has 0 unspecified atom stereocenters. The van der Waals surface area contributed by atoms with E-state index in [0.717, 1.165) is 29.3 Å². The van der Waals surface area contributed by atoms with Crippen molar-refractivity contribution in [2.75, 3.05) is 17.2 Å². The fourth-order valence-electron chi connectivity index (χ4n) is 3.81. The summed E-state index contributed by atoms with van der Waals surface area (Å²) in [4.78, 5) is 24.8. The highest BCUT2D eigenvalue weighted by atomic mass is 19.1.